The van der Waals surface area contributed by atoms with Crippen LogP contribution in [0.3, 0.4) is 0 Å². The fourth-order valence-corrected chi connectivity index (χ4v) is 1.93. The van der Waals surface area contributed by atoms with Gasteiger partial charge < -0.3 is 21.4 Å². The van der Waals surface area contributed by atoms with Crippen molar-refractivity contribution >= 4 is 29.0 Å². The molecule has 1 atom stereocenters. The molecule has 8 nitrogen and oxygen atoms in total. The minimum atomic E-state index is -0.475. The zero-order chi connectivity index (χ0) is 18.5. The summed E-state index contributed by atoms with van der Waals surface area (Å²) in [6, 6.07) is 0. The van der Waals surface area contributed by atoms with Crippen LogP contribution in [0.1, 0.15) is 20.3 Å². The van der Waals surface area contributed by atoms with E-state index in [1.54, 1.807) is 6.92 Å². The van der Waals surface area contributed by atoms with Crippen LogP contribution in [0.25, 0.3) is 0 Å². The number of aliphatic hydroxyl groups is 1. The maximum atomic E-state index is 10.1. The molecule has 0 bridgehead atoms. The van der Waals surface area contributed by atoms with Crippen molar-refractivity contribution in [2.24, 2.45) is 11.1 Å². The molecule has 0 aliphatic heterocycles. The monoisotopic (exact) mass is 435 g/mol. The molecule has 146 valence electrons. The van der Waals surface area contributed by atoms with Crippen LogP contribution in [0.15, 0.2) is 5.34 Å². The zero-order valence-corrected chi connectivity index (χ0v) is 16.8. The second-order valence-corrected chi connectivity index (χ2v) is 5.35. The molecule has 24 heavy (non-hydrogen) atoms. The predicted molar refractivity (Wildman–Crippen MR) is 94.4 cm³/mol. The SMILES string of the molecule is CC(=O)CC(C)O.NCCNCCN(CCCl)CCCl.O=NO.[Co+3]. The summed E-state index contributed by atoms with van der Waals surface area (Å²) in [5, 5.41) is 19.6. The number of nitrogens with two attached hydrogens (primary N) is 1. The first kappa shape index (κ1) is 31.7. The number of aliphatic hydroxyl groups excluding tert-OH is 1. The number of Topliss-reactive ketones (excluding diaryl/α,β-unsaturated/α-hetero) is 1. The first-order chi connectivity index (χ1) is 10.9. The number of carbonyl (C=O) groups is 1. The fourth-order valence-electron chi connectivity index (χ4n) is 1.45. The number of carbonyl (C=O) groups excluding carboxylic acids is 1. The number of alkyl halides is 2. The zero-order valence-electron chi connectivity index (χ0n) is 14.2. The predicted octanol–water partition coefficient (Wildman–Crippen LogP) is 0.800. The summed E-state index contributed by atoms with van der Waals surface area (Å²) in [7, 11) is 0. The fraction of sp³-hybridized carbons (Fsp3) is 0.923. The molecule has 0 saturated heterocycles. The van der Waals surface area contributed by atoms with Gasteiger partial charge in [-0.15, -0.1) is 28.1 Å². The first-order valence-electron chi connectivity index (χ1n) is 7.28. The van der Waals surface area contributed by atoms with E-state index in [1.165, 1.54) is 12.3 Å². The molecule has 0 aromatic heterocycles. The van der Waals surface area contributed by atoms with Gasteiger partial charge in [-0.2, -0.15) is 0 Å². The molecule has 0 aromatic carbocycles. The van der Waals surface area contributed by atoms with Crippen molar-refractivity contribution in [3.8, 4) is 0 Å². The topological polar surface area (TPSA) is 128 Å². The number of hydrogen-bond donors (Lipinski definition) is 4. The molecule has 0 radical (unpaired) electrons. The van der Waals surface area contributed by atoms with E-state index >= 15 is 0 Å². The maximum Gasteiger partial charge on any atom is 3.00 e. The number of rotatable bonds is 11. The molecule has 0 fully saturated rings. The molecular weight excluding hydrogens is 406 g/mol. The molecule has 1 unspecified atom stereocenters. The minimum absolute atomic E-state index is 0. The largest absolute Gasteiger partial charge is 3.00 e. The Morgan fingerprint density at radius 1 is 1.25 bits per heavy atom. The van der Waals surface area contributed by atoms with Gasteiger partial charge in [-0.05, 0) is 13.8 Å². The number of nitrogens with zero attached hydrogens (tertiary/aromatic N) is 2. The molecule has 0 amide bonds. The summed E-state index contributed by atoms with van der Waals surface area (Å²) in [5.74, 6) is 1.36. The molecule has 5 N–H and O–H groups in total. The van der Waals surface area contributed by atoms with Crippen LogP contribution < -0.4 is 11.1 Å². The molecular formula is C13H30Cl2CoN4O4+3. The third-order valence-corrected chi connectivity index (χ3v) is 2.65. The van der Waals surface area contributed by atoms with E-state index in [0.29, 0.717) is 18.3 Å². The van der Waals surface area contributed by atoms with Gasteiger partial charge in [0.15, 0.2) is 5.34 Å². The van der Waals surface area contributed by atoms with Gasteiger partial charge in [0.1, 0.15) is 5.78 Å². The molecule has 11 heteroatoms. The molecule has 0 rings (SSSR count). The van der Waals surface area contributed by atoms with Crippen molar-refractivity contribution in [3.05, 3.63) is 4.91 Å². The van der Waals surface area contributed by atoms with E-state index in [1.807, 2.05) is 0 Å². The number of halogens is 2. The Balaban J connectivity index is -0.000000154. The average molecular weight is 436 g/mol. The van der Waals surface area contributed by atoms with Crippen LogP contribution in [0.2, 0.25) is 0 Å². The van der Waals surface area contributed by atoms with E-state index in [9.17, 15) is 4.79 Å². The van der Waals surface area contributed by atoms with E-state index in [2.05, 4.69) is 10.2 Å². The third-order valence-electron chi connectivity index (χ3n) is 2.31. The van der Waals surface area contributed by atoms with Gasteiger partial charge in [0, 0.05) is 57.4 Å². The number of ketones is 1. The van der Waals surface area contributed by atoms with Gasteiger partial charge in [-0.3, -0.25) is 9.69 Å². The van der Waals surface area contributed by atoms with Gasteiger partial charge in [0.25, 0.3) is 0 Å². The Hall–Kier alpha value is -0.00351. The first-order valence-corrected chi connectivity index (χ1v) is 8.35. The molecule has 0 saturated carbocycles. The Labute approximate surface area is 164 Å². The van der Waals surface area contributed by atoms with Gasteiger partial charge in [0.05, 0.1) is 6.10 Å². The Morgan fingerprint density at radius 2 is 1.71 bits per heavy atom. The summed E-state index contributed by atoms with van der Waals surface area (Å²) >= 11 is 11.3. The van der Waals surface area contributed by atoms with Crippen LogP contribution in [0, 0.1) is 4.91 Å². The summed E-state index contributed by atoms with van der Waals surface area (Å²) in [6.07, 6.45) is -0.197. The van der Waals surface area contributed by atoms with Crippen molar-refractivity contribution in [2.45, 2.75) is 26.4 Å². The van der Waals surface area contributed by atoms with Gasteiger partial charge >= 0.3 is 16.8 Å². The van der Waals surface area contributed by atoms with E-state index in [4.69, 9.17) is 44.2 Å². The Bertz CT molecular complexity index is 262. The summed E-state index contributed by atoms with van der Waals surface area (Å²) in [5.41, 5.74) is 5.34. The maximum absolute atomic E-state index is 10.1. The molecule has 0 aliphatic rings. The standard InChI is InChI=1S/C8H19Cl2N3.C5H10O2.Co.HNO2/c9-1-6-13(7-2-10)8-5-12-4-3-11;1-4(6)3-5(2)7;;2-1-3/h12H,1-8,11H2;4,6H,3H2,1-2H3;;(H,2,3)/q;;+3;. The average Bonchev–Trinajstić information content (AvgIpc) is 2.44. The Kier molecular flexibility index (Phi) is 36.8. The van der Waals surface area contributed by atoms with Crippen LogP contribution in [0.4, 0.5) is 0 Å². The molecule has 0 aromatic rings. The Morgan fingerprint density at radius 3 is 1.96 bits per heavy atom. The quantitative estimate of drug-likeness (QED) is 0.163. The number of hydrogen-bond acceptors (Lipinski definition) is 7. The second kappa shape index (κ2) is 27.8. The van der Waals surface area contributed by atoms with Crippen LogP contribution in [-0.2, 0) is 21.6 Å². The second-order valence-electron chi connectivity index (χ2n) is 4.60. The molecule has 0 heterocycles. The molecule has 0 aliphatic carbocycles. The minimum Gasteiger partial charge on any atom is -0.393 e. The van der Waals surface area contributed by atoms with Gasteiger partial charge in [-0.25, -0.2) is 0 Å². The summed E-state index contributed by atoms with van der Waals surface area (Å²) < 4.78 is 0. The van der Waals surface area contributed by atoms with Crippen LogP contribution in [-0.4, -0.2) is 78.1 Å². The van der Waals surface area contributed by atoms with Gasteiger partial charge in [-0.1, -0.05) is 0 Å². The van der Waals surface area contributed by atoms with Crippen molar-refractivity contribution in [2.75, 3.05) is 51.0 Å². The third kappa shape index (κ3) is 37.9. The number of nitrogens with one attached hydrogen (secondary N) is 1. The van der Waals surface area contributed by atoms with Crippen LogP contribution in [0.5, 0.6) is 0 Å². The van der Waals surface area contributed by atoms with Crippen molar-refractivity contribution in [1.29, 1.82) is 0 Å². The smallest absolute Gasteiger partial charge is 0.393 e. The normalized spacial score (nSPS) is 10.5. The molecule has 0 spiro atoms. The van der Waals surface area contributed by atoms with Crippen molar-refractivity contribution in [1.82, 2.24) is 10.2 Å². The van der Waals surface area contributed by atoms with E-state index in [-0.39, 0.29) is 29.0 Å². The van der Waals surface area contributed by atoms with Gasteiger partial charge in [0.2, 0.25) is 0 Å². The summed E-state index contributed by atoms with van der Waals surface area (Å²) in [6.45, 7) is 8.36. The summed E-state index contributed by atoms with van der Waals surface area (Å²) in [4.78, 5) is 20.4. The van der Waals surface area contributed by atoms with E-state index < -0.39 is 6.10 Å². The van der Waals surface area contributed by atoms with Crippen LogP contribution >= 0.6 is 23.2 Å². The van der Waals surface area contributed by atoms with Crippen molar-refractivity contribution in [3.63, 3.8) is 0 Å². The van der Waals surface area contributed by atoms with Crippen molar-refractivity contribution < 1.29 is 31.9 Å². The van der Waals surface area contributed by atoms with E-state index in [0.717, 1.165) is 32.7 Å².